The Balaban J connectivity index is 1.89. The van der Waals surface area contributed by atoms with Crippen molar-refractivity contribution in [3.8, 4) is 0 Å². The van der Waals surface area contributed by atoms with E-state index in [0.29, 0.717) is 6.54 Å². The number of amides is 2. The van der Waals surface area contributed by atoms with Crippen LogP contribution in [0.4, 0.5) is 10.5 Å². The van der Waals surface area contributed by atoms with Gasteiger partial charge in [-0.05, 0) is 32.4 Å². The maximum atomic E-state index is 12.4. The van der Waals surface area contributed by atoms with E-state index >= 15 is 0 Å². The minimum absolute atomic E-state index is 0.0109. The van der Waals surface area contributed by atoms with Gasteiger partial charge in [0.25, 0.3) is 0 Å². The third-order valence-corrected chi connectivity index (χ3v) is 3.60. The molecule has 2 N–H and O–H groups in total. The van der Waals surface area contributed by atoms with Gasteiger partial charge < -0.3 is 20.1 Å². The average Bonchev–Trinajstić information content (AvgIpc) is 2.84. The minimum atomic E-state index is -0.559. The van der Waals surface area contributed by atoms with Crippen LogP contribution in [-0.2, 0) is 9.53 Å². The van der Waals surface area contributed by atoms with Gasteiger partial charge in [0, 0.05) is 31.1 Å². The molecule has 0 saturated heterocycles. The monoisotopic (exact) mass is 320 g/mol. The summed E-state index contributed by atoms with van der Waals surface area (Å²) in [5, 5.41) is 12.0. The van der Waals surface area contributed by atoms with Crippen LogP contribution >= 0.6 is 0 Å². The Morgan fingerprint density at radius 1 is 1.35 bits per heavy atom. The van der Waals surface area contributed by atoms with Gasteiger partial charge in [0.15, 0.2) is 0 Å². The highest BCUT2D eigenvalue weighted by atomic mass is 16.6. The Labute approximate surface area is 136 Å². The van der Waals surface area contributed by atoms with E-state index in [0.717, 1.165) is 11.3 Å². The summed E-state index contributed by atoms with van der Waals surface area (Å²) in [5.41, 5.74) is 1.27. The molecule has 0 aliphatic carbocycles. The predicted molar refractivity (Wildman–Crippen MR) is 87.5 cm³/mol. The number of hydrogen-bond acceptors (Lipinski definition) is 4. The topological polar surface area (TPSA) is 78.9 Å². The first-order valence-electron chi connectivity index (χ1n) is 7.79. The molecule has 1 atom stereocenters. The van der Waals surface area contributed by atoms with Crippen LogP contribution in [-0.4, -0.2) is 42.4 Å². The lowest BCUT2D eigenvalue weighted by molar-refractivity contribution is -0.118. The van der Waals surface area contributed by atoms with E-state index in [1.807, 2.05) is 24.3 Å². The van der Waals surface area contributed by atoms with Crippen LogP contribution in [0.2, 0.25) is 0 Å². The average molecular weight is 320 g/mol. The van der Waals surface area contributed by atoms with Crippen molar-refractivity contribution in [3.05, 3.63) is 29.8 Å². The second-order valence-corrected chi connectivity index (χ2v) is 6.62. The lowest BCUT2D eigenvalue weighted by atomic mass is 10.0. The van der Waals surface area contributed by atoms with E-state index in [1.54, 1.807) is 25.7 Å². The molecule has 0 radical (unpaired) electrons. The van der Waals surface area contributed by atoms with E-state index in [4.69, 9.17) is 4.74 Å². The molecule has 6 nitrogen and oxygen atoms in total. The summed E-state index contributed by atoms with van der Waals surface area (Å²) >= 11 is 0. The van der Waals surface area contributed by atoms with Crippen LogP contribution in [0.5, 0.6) is 0 Å². The van der Waals surface area contributed by atoms with Crippen LogP contribution in [0.15, 0.2) is 24.3 Å². The van der Waals surface area contributed by atoms with Gasteiger partial charge in [0.05, 0.1) is 6.61 Å². The molecule has 1 aromatic rings. The summed E-state index contributed by atoms with van der Waals surface area (Å²) in [7, 11) is 0. The van der Waals surface area contributed by atoms with E-state index < -0.39 is 11.7 Å². The van der Waals surface area contributed by atoms with Crippen molar-refractivity contribution in [1.29, 1.82) is 0 Å². The summed E-state index contributed by atoms with van der Waals surface area (Å²) in [6.07, 6.45) is -0.341. The second kappa shape index (κ2) is 7.00. The van der Waals surface area contributed by atoms with Gasteiger partial charge >= 0.3 is 6.09 Å². The first-order chi connectivity index (χ1) is 10.8. The van der Waals surface area contributed by atoms with E-state index in [2.05, 4.69) is 5.32 Å². The van der Waals surface area contributed by atoms with Crippen molar-refractivity contribution < 1.29 is 19.4 Å². The number of ether oxygens (including phenoxy) is 1. The van der Waals surface area contributed by atoms with E-state index in [1.165, 1.54) is 0 Å². The molecule has 0 spiro atoms. The number of para-hydroxylation sites is 1. The zero-order valence-corrected chi connectivity index (χ0v) is 13.8. The minimum Gasteiger partial charge on any atom is -0.444 e. The first kappa shape index (κ1) is 17.3. The number of benzene rings is 1. The number of nitrogens with zero attached hydrogens (tertiary/aromatic N) is 1. The molecule has 2 amide bonds. The zero-order valence-electron chi connectivity index (χ0n) is 13.8. The summed E-state index contributed by atoms with van der Waals surface area (Å²) in [4.78, 5) is 25.6. The number of anilines is 1. The Kier molecular flexibility index (Phi) is 5.26. The third-order valence-electron chi connectivity index (χ3n) is 3.60. The Hall–Kier alpha value is -2.08. The van der Waals surface area contributed by atoms with Gasteiger partial charge in [-0.15, -0.1) is 0 Å². The van der Waals surface area contributed by atoms with Gasteiger partial charge in [-0.3, -0.25) is 4.79 Å². The molecular weight excluding hydrogens is 296 g/mol. The molecule has 0 fully saturated rings. The molecule has 0 bridgehead atoms. The lowest BCUT2D eigenvalue weighted by Gasteiger charge is -2.20. The zero-order chi connectivity index (χ0) is 17.0. The third kappa shape index (κ3) is 4.45. The number of carbonyl (C=O) groups excluding carboxylic acids is 2. The molecule has 1 aliphatic heterocycles. The highest BCUT2D eigenvalue weighted by Crippen LogP contribution is 2.35. The van der Waals surface area contributed by atoms with Gasteiger partial charge in [-0.2, -0.15) is 0 Å². The maximum absolute atomic E-state index is 12.4. The van der Waals surface area contributed by atoms with Crippen molar-refractivity contribution in [2.24, 2.45) is 0 Å². The standard InChI is InChI=1S/C17H24N2O4/c1-17(2,3)23-16(22)18-9-8-15(21)19-10-12(11-20)13-6-4-5-7-14(13)19/h4-7,12,20H,8-11H2,1-3H3,(H,18,22). The molecule has 6 heteroatoms. The number of rotatable bonds is 4. The van der Waals surface area contributed by atoms with E-state index in [-0.39, 0.29) is 31.4 Å². The van der Waals surface area contributed by atoms with Gasteiger partial charge in [-0.1, -0.05) is 18.2 Å². The molecule has 23 heavy (non-hydrogen) atoms. The summed E-state index contributed by atoms with van der Waals surface area (Å²) in [5.74, 6) is -0.126. The Morgan fingerprint density at radius 3 is 2.70 bits per heavy atom. The summed E-state index contributed by atoms with van der Waals surface area (Å²) in [6.45, 7) is 6.06. The molecule has 0 saturated carbocycles. The Morgan fingerprint density at radius 2 is 2.04 bits per heavy atom. The highest BCUT2D eigenvalue weighted by Gasteiger charge is 2.31. The van der Waals surface area contributed by atoms with Gasteiger partial charge in [0.1, 0.15) is 5.60 Å². The van der Waals surface area contributed by atoms with Gasteiger partial charge in [0.2, 0.25) is 5.91 Å². The largest absolute Gasteiger partial charge is 0.444 e. The normalized spacial score (nSPS) is 16.9. The number of nitrogens with one attached hydrogen (secondary N) is 1. The van der Waals surface area contributed by atoms with Crippen LogP contribution in [0.25, 0.3) is 0 Å². The smallest absolute Gasteiger partial charge is 0.407 e. The maximum Gasteiger partial charge on any atom is 0.407 e. The fourth-order valence-electron chi connectivity index (χ4n) is 2.61. The number of aliphatic hydroxyl groups is 1. The number of fused-ring (bicyclic) bond motifs is 1. The van der Waals surface area contributed by atoms with Gasteiger partial charge in [-0.25, -0.2) is 4.79 Å². The number of carbonyl (C=O) groups is 2. The summed E-state index contributed by atoms with van der Waals surface area (Å²) in [6, 6.07) is 7.59. The highest BCUT2D eigenvalue weighted by molar-refractivity contribution is 5.96. The molecule has 2 rings (SSSR count). The molecule has 126 valence electrons. The second-order valence-electron chi connectivity index (χ2n) is 6.62. The molecular formula is C17H24N2O4. The van der Waals surface area contributed by atoms with Crippen LogP contribution < -0.4 is 10.2 Å². The van der Waals surface area contributed by atoms with Crippen molar-refractivity contribution in [3.63, 3.8) is 0 Å². The quantitative estimate of drug-likeness (QED) is 0.889. The van der Waals surface area contributed by atoms with Crippen molar-refractivity contribution in [2.45, 2.75) is 38.7 Å². The molecule has 1 heterocycles. The van der Waals surface area contributed by atoms with Crippen LogP contribution in [0.3, 0.4) is 0 Å². The number of aliphatic hydroxyl groups excluding tert-OH is 1. The number of alkyl carbamates (subject to hydrolysis) is 1. The lowest BCUT2D eigenvalue weighted by Crippen LogP contribution is -2.36. The SMILES string of the molecule is CC(C)(C)OC(=O)NCCC(=O)N1CC(CO)c2ccccc21. The van der Waals surface area contributed by atoms with Crippen molar-refractivity contribution >= 4 is 17.7 Å². The molecule has 1 aromatic carbocycles. The number of hydrogen-bond donors (Lipinski definition) is 2. The fraction of sp³-hybridized carbons (Fsp3) is 0.529. The molecule has 0 aromatic heterocycles. The Bertz CT molecular complexity index is 580. The molecule has 1 aliphatic rings. The summed E-state index contributed by atoms with van der Waals surface area (Å²) < 4.78 is 5.13. The van der Waals surface area contributed by atoms with Crippen molar-refractivity contribution in [1.82, 2.24) is 5.32 Å². The van der Waals surface area contributed by atoms with Crippen LogP contribution in [0.1, 0.15) is 38.7 Å². The van der Waals surface area contributed by atoms with Crippen LogP contribution in [0, 0.1) is 0 Å². The van der Waals surface area contributed by atoms with E-state index in [9.17, 15) is 14.7 Å². The van der Waals surface area contributed by atoms with Crippen molar-refractivity contribution in [2.75, 3.05) is 24.6 Å². The predicted octanol–water partition coefficient (Wildman–Crippen LogP) is 2.02. The fourth-order valence-corrected chi connectivity index (χ4v) is 2.61. The molecule has 1 unspecified atom stereocenters. The first-order valence-corrected chi connectivity index (χ1v) is 7.79.